The SMILES string of the molecule is Cc1nn(C)c(C)c1S(=O)(=O)NCC1CC(C(F)(F)F)=NO1. The molecule has 0 aliphatic carbocycles. The van der Waals surface area contributed by atoms with Gasteiger partial charge in [0, 0.05) is 13.5 Å². The van der Waals surface area contributed by atoms with Crippen LogP contribution in [0.25, 0.3) is 0 Å². The normalized spacial score (nSPS) is 19.2. The molecular weight excluding hydrogens is 325 g/mol. The first kappa shape index (κ1) is 16.7. The minimum Gasteiger partial charge on any atom is -0.390 e. The maximum Gasteiger partial charge on any atom is 0.432 e. The molecule has 0 saturated carbocycles. The van der Waals surface area contributed by atoms with E-state index in [-0.39, 0.29) is 11.4 Å². The van der Waals surface area contributed by atoms with E-state index in [1.54, 1.807) is 20.9 Å². The van der Waals surface area contributed by atoms with Crippen molar-refractivity contribution in [2.24, 2.45) is 12.2 Å². The summed E-state index contributed by atoms with van der Waals surface area (Å²) in [6.07, 6.45) is -6.04. The Morgan fingerprint density at radius 1 is 1.41 bits per heavy atom. The first-order valence-electron chi connectivity index (χ1n) is 6.32. The minimum absolute atomic E-state index is 0.0185. The standard InChI is InChI=1S/C11H15F3N4O3S/c1-6-10(7(2)18(3)16-6)22(19,20)15-5-8-4-9(17-21-8)11(12,13)14/h8,15H,4-5H2,1-3H3. The van der Waals surface area contributed by atoms with Crippen LogP contribution in [0.4, 0.5) is 13.2 Å². The summed E-state index contributed by atoms with van der Waals surface area (Å²) in [7, 11) is -2.28. The number of nitrogens with one attached hydrogen (secondary N) is 1. The molecule has 0 amide bonds. The van der Waals surface area contributed by atoms with Crippen LogP contribution in [-0.2, 0) is 21.9 Å². The van der Waals surface area contributed by atoms with Crippen LogP contribution in [0.5, 0.6) is 0 Å². The van der Waals surface area contributed by atoms with E-state index in [4.69, 9.17) is 0 Å². The Labute approximate surface area is 125 Å². The highest BCUT2D eigenvalue weighted by Gasteiger charge is 2.41. The molecule has 22 heavy (non-hydrogen) atoms. The van der Waals surface area contributed by atoms with Crippen molar-refractivity contribution in [1.29, 1.82) is 0 Å². The van der Waals surface area contributed by atoms with Crippen LogP contribution < -0.4 is 4.72 Å². The van der Waals surface area contributed by atoms with Crippen LogP contribution in [0, 0.1) is 13.8 Å². The number of sulfonamides is 1. The van der Waals surface area contributed by atoms with Gasteiger partial charge in [0.25, 0.3) is 0 Å². The Hall–Kier alpha value is -1.62. The Morgan fingerprint density at radius 3 is 2.50 bits per heavy atom. The minimum atomic E-state index is -4.57. The van der Waals surface area contributed by atoms with E-state index in [2.05, 4.69) is 19.8 Å². The van der Waals surface area contributed by atoms with E-state index in [1.165, 1.54) is 4.68 Å². The third-order valence-corrected chi connectivity index (χ3v) is 4.95. The van der Waals surface area contributed by atoms with Gasteiger partial charge in [-0.1, -0.05) is 5.16 Å². The third kappa shape index (κ3) is 3.24. The fourth-order valence-electron chi connectivity index (χ4n) is 2.12. The predicted molar refractivity (Wildman–Crippen MR) is 70.9 cm³/mol. The fourth-order valence-corrected chi connectivity index (χ4v) is 3.62. The summed E-state index contributed by atoms with van der Waals surface area (Å²) in [4.78, 5) is 4.63. The summed E-state index contributed by atoms with van der Waals surface area (Å²) in [5, 5.41) is 6.94. The number of hydrogen-bond donors (Lipinski definition) is 1. The van der Waals surface area contributed by atoms with Gasteiger partial charge in [0.05, 0.1) is 17.9 Å². The van der Waals surface area contributed by atoms with Crippen molar-refractivity contribution in [3.63, 3.8) is 0 Å². The number of hydrogen-bond acceptors (Lipinski definition) is 5. The van der Waals surface area contributed by atoms with Gasteiger partial charge in [-0.15, -0.1) is 0 Å². The zero-order valence-corrected chi connectivity index (χ0v) is 12.9. The molecule has 1 unspecified atom stereocenters. The van der Waals surface area contributed by atoms with E-state index in [0.29, 0.717) is 11.4 Å². The van der Waals surface area contributed by atoms with Gasteiger partial charge in [0.15, 0.2) is 5.71 Å². The molecular formula is C11H15F3N4O3S. The Morgan fingerprint density at radius 2 is 2.05 bits per heavy atom. The number of halogens is 3. The summed E-state index contributed by atoms with van der Waals surface area (Å²) < 4.78 is 65.4. The van der Waals surface area contributed by atoms with E-state index < -0.39 is 34.4 Å². The van der Waals surface area contributed by atoms with Crippen LogP contribution in [0.15, 0.2) is 10.1 Å². The molecule has 7 nitrogen and oxygen atoms in total. The maximum absolute atomic E-state index is 12.4. The number of nitrogens with zero attached hydrogens (tertiary/aromatic N) is 3. The topological polar surface area (TPSA) is 85.6 Å². The lowest BCUT2D eigenvalue weighted by atomic mass is 10.2. The van der Waals surface area contributed by atoms with Gasteiger partial charge in [-0.2, -0.15) is 18.3 Å². The predicted octanol–water partition coefficient (Wildman–Crippen LogP) is 1.02. The molecule has 1 aromatic heterocycles. The van der Waals surface area contributed by atoms with Crippen molar-refractivity contribution >= 4 is 15.7 Å². The summed E-state index contributed by atoms with van der Waals surface area (Å²) >= 11 is 0. The molecule has 0 spiro atoms. The summed E-state index contributed by atoms with van der Waals surface area (Å²) in [6.45, 7) is 2.82. The Balaban J connectivity index is 2.04. The van der Waals surface area contributed by atoms with Crippen LogP contribution >= 0.6 is 0 Å². The van der Waals surface area contributed by atoms with Crippen molar-refractivity contribution in [1.82, 2.24) is 14.5 Å². The van der Waals surface area contributed by atoms with Crippen molar-refractivity contribution in [3.8, 4) is 0 Å². The number of alkyl halides is 3. The fraction of sp³-hybridized carbons (Fsp3) is 0.636. The molecule has 2 heterocycles. The van der Waals surface area contributed by atoms with Crippen molar-refractivity contribution in [2.75, 3.05) is 6.54 Å². The number of aryl methyl sites for hydroxylation is 2. The molecule has 1 aromatic rings. The first-order chi connectivity index (χ1) is 10.0. The van der Waals surface area contributed by atoms with Gasteiger partial charge in [-0.05, 0) is 13.8 Å². The average Bonchev–Trinajstić information content (AvgIpc) is 2.93. The number of aromatic nitrogens is 2. The molecule has 1 aliphatic heterocycles. The average molecular weight is 340 g/mol. The molecule has 0 radical (unpaired) electrons. The Bertz CT molecular complexity index is 709. The second-order valence-corrected chi connectivity index (χ2v) is 6.65. The lowest BCUT2D eigenvalue weighted by Gasteiger charge is -2.11. The van der Waals surface area contributed by atoms with Crippen molar-refractivity contribution < 1.29 is 26.4 Å². The van der Waals surface area contributed by atoms with E-state index >= 15 is 0 Å². The molecule has 124 valence electrons. The highest BCUT2D eigenvalue weighted by molar-refractivity contribution is 7.89. The molecule has 11 heteroatoms. The van der Waals surface area contributed by atoms with Crippen LogP contribution in [0.3, 0.4) is 0 Å². The highest BCUT2D eigenvalue weighted by Crippen LogP contribution is 2.26. The molecule has 1 N–H and O–H groups in total. The smallest absolute Gasteiger partial charge is 0.390 e. The van der Waals surface area contributed by atoms with Gasteiger partial charge in [-0.25, -0.2) is 13.1 Å². The lowest BCUT2D eigenvalue weighted by Crippen LogP contribution is -2.34. The van der Waals surface area contributed by atoms with Gasteiger partial charge in [-0.3, -0.25) is 4.68 Å². The largest absolute Gasteiger partial charge is 0.432 e. The quantitative estimate of drug-likeness (QED) is 0.887. The maximum atomic E-state index is 12.4. The molecule has 0 aromatic carbocycles. The van der Waals surface area contributed by atoms with Crippen molar-refractivity contribution in [3.05, 3.63) is 11.4 Å². The zero-order chi connectivity index (χ0) is 16.7. The van der Waals surface area contributed by atoms with Crippen molar-refractivity contribution in [2.45, 2.75) is 37.4 Å². The third-order valence-electron chi connectivity index (χ3n) is 3.27. The summed E-state index contributed by atoms with van der Waals surface area (Å²) in [6, 6.07) is 0. The van der Waals surface area contributed by atoms with E-state index in [0.717, 1.165) is 0 Å². The molecule has 0 bridgehead atoms. The first-order valence-corrected chi connectivity index (χ1v) is 7.80. The molecule has 0 fully saturated rings. The molecule has 2 rings (SSSR count). The Kier molecular flexibility index (Phi) is 4.22. The monoisotopic (exact) mass is 340 g/mol. The molecule has 1 atom stereocenters. The highest BCUT2D eigenvalue weighted by atomic mass is 32.2. The summed E-state index contributed by atoms with van der Waals surface area (Å²) in [5.41, 5.74) is -0.304. The lowest BCUT2D eigenvalue weighted by molar-refractivity contribution is -0.0604. The zero-order valence-electron chi connectivity index (χ0n) is 12.1. The van der Waals surface area contributed by atoms with Crippen LogP contribution in [0.2, 0.25) is 0 Å². The summed E-state index contributed by atoms with van der Waals surface area (Å²) in [5.74, 6) is 0. The number of oxime groups is 1. The second kappa shape index (κ2) is 5.54. The van der Waals surface area contributed by atoms with E-state index in [1.807, 2.05) is 0 Å². The van der Waals surface area contributed by atoms with Gasteiger partial charge in [0.2, 0.25) is 10.0 Å². The van der Waals surface area contributed by atoms with Gasteiger partial charge < -0.3 is 4.84 Å². The number of rotatable bonds is 4. The van der Waals surface area contributed by atoms with Crippen LogP contribution in [-0.4, -0.2) is 42.7 Å². The van der Waals surface area contributed by atoms with Gasteiger partial charge >= 0.3 is 6.18 Å². The van der Waals surface area contributed by atoms with Gasteiger partial charge in [0.1, 0.15) is 11.0 Å². The second-order valence-electron chi connectivity index (χ2n) is 4.94. The molecule has 1 aliphatic rings. The molecule has 0 saturated heterocycles. The van der Waals surface area contributed by atoms with E-state index in [9.17, 15) is 21.6 Å². The van der Waals surface area contributed by atoms with Crippen LogP contribution in [0.1, 0.15) is 17.8 Å².